The molecule has 1 heterocycles. The molecule has 0 unspecified atom stereocenters. The van der Waals surface area contributed by atoms with Gasteiger partial charge in [-0.3, -0.25) is 14.9 Å². The second-order valence-corrected chi connectivity index (χ2v) is 9.42. The Balaban J connectivity index is 1.18. The van der Waals surface area contributed by atoms with E-state index in [0.29, 0.717) is 23.4 Å². The quantitative estimate of drug-likeness (QED) is 0.436. The summed E-state index contributed by atoms with van der Waals surface area (Å²) in [7, 11) is 0. The van der Waals surface area contributed by atoms with Crippen LogP contribution in [0.4, 0.5) is 5.69 Å². The van der Waals surface area contributed by atoms with Gasteiger partial charge in [-0.25, -0.2) is 0 Å². The Kier molecular flexibility index (Phi) is 4.77. The first-order valence-corrected chi connectivity index (χ1v) is 11.0. The minimum atomic E-state index is -0.468. The molecular weight excluding hydrogens is 392 g/mol. The summed E-state index contributed by atoms with van der Waals surface area (Å²) in [5.74, 6) is 3.48. The fourth-order valence-electron chi connectivity index (χ4n) is 5.65. The Morgan fingerprint density at radius 1 is 1.17 bits per heavy atom. The molecule has 4 saturated carbocycles. The molecule has 152 valence electrons. The van der Waals surface area contributed by atoms with Crippen molar-refractivity contribution in [2.24, 2.45) is 23.7 Å². The number of non-ortho nitro benzene ring substituents is 1. The number of thioether (sulfide) groups is 1. The second-order valence-electron chi connectivity index (χ2n) is 8.49. The van der Waals surface area contributed by atoms with Crippen molar-refractivity contribution in [3.05, 3.63) is 34.4 Å². The highest BCUT2D eigenvalue weighted by Crippen LogP contribution is 2.53. The smallest absolute Gasteiger partial charge is 0.277 e. The summed E-state index contributed by atoms with van der Waals surface area (Å²) < 4.78 is 5.58. The third kappa shape index (κ3) is 3.75. The van der Waals surface area contributed by atoms with Crippen molar-refractivity contribution in [2.75, 3.05) is 5.75 Å². The Hall–Kier alpha value is -2.42. The lowest BCUT2D eigenvalue weighted by Gasteiger charge is -2.54. The van der Waals surface area contributed by atoms with Gasteiger partial charge in [0, 0.05) is 23.7 Å². The Labute approximate surface area is 172 Å². The summed E-state index contributed by atoms with van der Waals surface area (Å²) in [4.78, 5) is 23.0. The van der Waals surface area contributed by atoms with Crippen molar-refractivity contribution in [1.29, 1.82) is 0 Å². The van der Waals surface area contributed by atoms with Crippen LogP contribution in [0.25, 0.3) is 11.5 Å². The van der Waals surface area contributed by atoms with E-state index in [0.717, 1.165) is 11.8 Å². The fourth-order valence-corrected chi connectivity index (χ4v) is 6.23. The molecule has 0 atom stereocenters. The van der Waals surface area contributed by atoms with Crippen LogP contribution in [0, 0.1) is 33.8 Å². The van der Waals surface area contributed by atoms with Gasteiger partial charge in [-0.15, -0.1) is 10.2 Å². The van der Waals surface area contributed by atoms with Crippen LogP contribution >= 0.6 is 11.8 Å². The summed E-state index contributed by atoms with van der Waals surface area (Å²) in [6.45, 7) is 0. The van der Waals surface area contributed by atoms with Gasteiger partial charge in [-0.05, 0) is 61.8 Å². The van der Waals surface area contributed by atoms with Crippen LogP contribution in [-0.2, 0) is 4.79 Å². The summed E-state index contributed by atoms with van der Waals surface area (Å²) in [5.41, 5.74) is 0.446. The molecule has 29 heavy (non-hydrogen) atoms. The number of nitro groups is 1. The first-order valence-electron chi connectivity index (χ1n) is 10.1. The number of nitrogens with one attached hydrogen (secondary N) is 1. The average Bonchev–Trinajstić information content (AvgIpc) is 3.18. The number of carbonyl (C=O) groups excluding carboxylic acids is 1. The number of amides is 1. The molecule has 4 aliphatic carbocycles. The van der Waals surface area contributed by atoms with Gasteiger partial charge < -0.3 is 9.73 Å². The minimum Gasteiger partial charge on any atom is -0.411 e. The van der Waals surface area contributed by atoms with Crippen molar-refractivity contribution in [3.8, 4) is 11.5 Å². The first-order chi connectivity index (χ1) is 14.0. The molecule has 0 aliphatic heterocycles. The van der Waals surface area contributed by atoms with E-state index >= 15 is 0 Å². The molecular formula is C20H22N4O4S. The molecule has 1 aromatic carbocycles. The molecule has 1 aromatic heterocycles. The lowest BCUT2D eigenvalue weighted by atomic mass is 9.54. The molecule has 6 rings (SSSR count). The van der Waals surface area contributed by atoms with Gasteiger partial charge in [0.05, 0.1) is 10.7 Å². The van der Waals surface area contributed by atoms with Crippen LogP contribution in [0.2, 0.25) is 0 Å². The molecule has 2 aromatic rings. The van der Waals surface area contributed by atoms with E-state index in [4.69, 9.17) is 4.42 Å². The molecule has 1 N–H and O–H groups in total. The molecule has 1 amide bonds. The maximum Gasteiger partial charge on any atom is 0.277 e. The topological polar surface area (TPSA) is 111 Å². The summed E-state index contributed by atoms with van der Waals surface area (Å²) in [6.07, 6.45) is 6.46. The number of rotatable bonds is 6. The predicted molar refractivity (Wildman–Crippen MR) is 106 cm³/mol. The van der Waals surface area contributed by atoms with Gasteiger partial charge >= 0.3 is 0 Å². The SMILES string of the molecule is O=C(CSc1nnc(-c2cccc([N+](=O)[O-])c2)o1)NC1C2CC3CC(C2)CC1C3. The summed E-state index contributed by atoms with van der Waals surface area (Å²) in [5, 5.41) is 22.4. The predicted octanol–water partition coefficient (Wildman–Crippen LogP) is 3.68. The van der Waals surface area contributed by atoms with Crippen molar-refractivity contribution < 1.29 is 14.1 Å². The van der Waals surface area contributed by atoms with Crippen LogP contribution < -0.4 is 5.32 Å². The third-order valence-electron chi connectivity index (χ3n) is 6.59. The van der Waals surface area contributed by atoms with Crippen LogP contribution in [0.5, 0.6) is 0 Å². The molecule has 4 fully saturated rings. The van der Waals surface area contributed by atoms with Crippen molar-refractivity contribution in [3.63, 3.8) is 0 Å². The Morgan fingerprint density at radius 3 is 2.59 bits per heavy atom. The number of benzene rings is 1. The summed E-state index contributed by atoms with van der Waals surface area (Å²) in [6, 6.07) is 6.36. The highest BCUT2D eigenvalue weighted by Gasteiger charge is 2.48. The third-order valence-corrected chi connectivity index (χ3v) is 7.41. The number of nitro benzene ring substituents is 1. The van der Waals surface area contributed by atoms with Gasteiger partial charge in [0.1, 0.15) is 0 Å². The van der Waals surface area contributed by atoms with Crippen LogP contribution in [0.1, 0.15) is 32.1 Å². The lowest BCUT2D eigenvalue weighted by Crippen LogP contribution is -2.56. The number of hydrogen-bond acceptors (Lipinski definition) is 7. The van der Waals surface area contributed by atoms with Gasteiger partial charge in [-0.2, -0.15) is 0 Å². The molecule has 0 radical (unpaired) electrons. The number of aromatic nitrogens is 2. The Morgan fingerprint density at radius 2 is 1.90 bits per heavy atom. The number of hydrogen-bond donors (Lipinski definition) is 1. The second kappa shape index (κ2) is 7.44. The largest absolute Gasteiger partial charge is 0.411 e. The maximum absolute atomic E-state index is 12.5. The van der Waals surface area contributed by atoms with Gasteiger partial charge in [0.15, 0.2) is 0 Å². The van der Waals surface area contributed by atoms with Crippen LogP contribution in [0.3, 0.4) is 0 Å². The van der Waals surface area contributed by atoms with E-state index in [2.05, 4.69) is 15.5 Å². The summed E-state index contributed by atoms with van der Waals surface area (Å²) >= 11 is 1.19. The fraction of sp³-hybridized carbons (Fsp3) is 0.550. The van der Waals surface area contributed by atoms with E-state index in [1.807, 2.05) is 0 Å². The number of nitrogens with zero attached hydrogens (tertiary/aromatic N) is 3. The molecule has 4 bridgehead atoms. The number of carbonyl (C=O) groups is 1. The normalized spacial score (nSPS) is 29.7. The molecule has 4 aliphatic rings. The minimum absolute atomic E-state index is 0.00238. The standard InChI is InChI=1S/C20H22N4O4S/c25-17(21-18-14-5-11-4-12(7-14)8-15(18)6-11)10-29-20-23-22-19(28-20)13-2-1-3-16(9-13)24(26)27/h1-3,9,11-12,14-15,18H,4-8,10H2,(H,21,25). The van der Waals surface area contributed by atoms with E-state index in [-0.39, 0.29) is 28.5 Å². The molecule has 0 saturated heterocycles. The van der Waals surface area contributed by atoms with Crippen LogP contribution in [-0.4, -0.2) is 32.8 Å². The zero-order chi connectivity index (χ0) is 20.0. The van der Waals surface area contributed by atoms with Crippen LogP contribution in [0.15, 0.2) is 33.9 Å². The highest BCUT2D eigenvalue weighted by molar-refractivity contribution is 7.99. The van der Waals surface area contributed by atoms with Gasteiger partial charge in [0.25, 0.3) is 10.9 Å². The van der Waals surface area contributed by atoms with E-state index in [1.165, 1.54) is 56.0 Å². The molecule has 9 heteroatoms. The van der Waals surface area contributed by atoms with Gasteiger partial charge in [-0.1, -0.05) is 17.8 Å². The maximum atomic E-state index is 12.5. The zero-order valence-corrected chi connectivity index (χ0v) is 16.6. The highest BCUT2D eigenvalue weighted by atomic mass is 32.2. The van der Waals surface area contributed by atoms with E-state index in [9.17, 15) is 14.9 Å². The molecule has 8 nitrogen and oxygen atoms in total. The van der Waals surface area contributed by atoms with Crippen molar-refractivity contribution in [1.82, 2.24) is 15.5 Å². The van der Waals surface area contributed by atoms with E-state index < -0.39 is 4.92 Å². The zero-order valence-electron chi connectivity index (χ0n) is 15.8. The lowest BCUT2D eigenvalue weighted by molar-refractivity contribution is -0.384. The van der Waals surface area contributed by atoms with Crippen molar-refractivity contribution >= 4 is 23.4 Å². The first kappa shape index (κ1) is 18.6. The van der Waals surface area contributed by atoms with E-state index in [1.54, 1.807) is 12.1 Å². The van der Waals surface area contributed by atoms with Crippen molar-refractivity contribution in [2.45, 2.75) is 43.4 Å². The molecule has 0 spiro atoms. The monoisotopic (exact) mass is 414 g/mol. The van der Waals surface area contributed by atoms with Gasteiger partial charge in [0.2, 0.25) is 11.8 Å². The average molecular weight is 414 g/mol. The Bertz CT molecular complexity index is 918.